The summed E-state index contributed by atoms with van der Waals surface area (Å²) in [5, 5.41) is 7.89. The first-order valence-electron chi connectivity index (χ1n) is 8.00. The number of carboxylic acids is 1. The van der Waals surface area contributed by atoms with Crippen molar-refractivity contribution in [3.63, 3.8) is 0 Å². The van der Waals surface area contributed by atoms with Gasteiger partial charge >= 0.3 is 5.97 Å². The van der Waals surface area contributed by atoms with Crippen molar-refractivity contribution in [2.24, 2.45) is 0 Å². The van der Waals surface area contributed by atoms with Crippen LogP contribution in [0, 0.1) is 0 Å². The number of rotatable bonds is 1. The van der Waals surface area contributed by atoms with E-state index in [-0.39, 0.29) is 5.57 Å². The molecular weight excluding hydrogens is 320 g/mol. The van der Waals surface area contributed by atoms with Crippen LogP contribution < -0.4 is 0 Å². The van der Waals surface area contributed by atoms with Gasteiger partial charge in [0.1, 0.15) is 0 Å². The molecule has 0 atom stereocenters. The molecule has 0 aromatic heterocycles. The average molecular weight is 350 g/mol. The van der Waals surface area contributed by atoms with Gasteiger partial charge in [-0.05, 0) is 6.92 Å². The van der Waals surface area contributed by atoms with E-state index in [2.05, 4.69) is 6.58 Å². The molecule has 0 aromatic carbocycles. The molecule has 1 aliphatic rings. The lowest BCUT2D eigenvalue weighted by Crippen LogP contribution is -2.16. The van der Waals surface area contributed by atoms with Gasteiger partial charge in [-0.2, -0.15) is 0 Å². The third-order valence-electron chi connectivity index (χ3n) is 2.60. The van der Waals surface area contributed by atoms with Crippen LogP contribution in [0.1, 0.15) is 6.92 Å². The average Bonchev–Trinajstić information content (AvgIpc) is 2.55. The SMILES string of the molecule is C1COCCOCCOCCOCCOCCO1.C=C(C)C(=O)O. The summed E-state index contributed by atoms with van der Waals surface area (Å²) in [4.78, 5) is 9.60. The number of carbonyl (C=O) groups is 1. The largest absolute Gasteiger partial charge is 0.478 e. The maximum atomic E-state index is 9.60. The fourth-order valence-electron chi connectivity index (χ4n) is 1.32. The Bertz CT molecular complexity index is 221. The molecule has 1 saturated heterocycles. The van der Waals surface area contributed by atoms with E-state index in [1.54, 1.807) is 0 Å². The van der Waals surface area contributed by atoms with Gasteiger partial charge in [-0.1, -0.05) is 6.58 Å². The van der Waals surface area contributed by atoms with Crippen LogP contribution in [0.2, 0.25) is 0 Å². The molecule has 0 bridgehead atoms. The molecule has 1 aliphatic heterocycles. The zero-order valence-electron chi connectivity index (χ0n) is 14.5. The number of ether oxygens (including phenoxy) is 6. The van der Waals surface area contributed by atoms with Crippen molar-refractivity contribution in [2.45, 2.75) is 6.92 Å². The molecule has 0 spiro atoms. The highest BCUT2D eigenvalue weighted by Crippen LogP contribution is 1.86. The van der Waals surface area contributed by atoms with E-state index in [0.29, 0.717) is 79.3 Å². The third-order valence-corrected chi connectivity index (χ3v) is 2.60. The van der Waals surface area contributed by atoms with Crippen molar-refractivity contribution in [3.8, 4) is 0 Å². The van der Waals surface area contributed by atoms with Gasteiger partial charge in [-0.25, -0.2) is 4.79 Å². The predicted molar refractivity (Wildman–Crippen MR) is 87.4 cm³/mol. The highest BCUT2D eigenvalue weighted by molar-refractivity contribution is 5.84. The lowest BCUT2D eigenvalue weighted by Gasteiger charge is -2.09. The fourth-order valence-corrected chi connectivity index (χ4v) is 1.32. The first kappa shape index (κ1) is 23.0. The van der Waals surface area contributed by atoms with Crippen LogP contribution in [0.25, 0.3) is 0 Å². The Hall–Kier alpha value is -1.03. The van der Waals surface area contributed by atoms with Crippen molar-refractivity contribution in [1.82, 2.24) is 0 Å². The molecule has 24 heavy (non-hydrogen) atoms. The van der Waals surface area contributed by atoms with Crippen molar-refractivity contribution < 1.29 is 38.3 Å². The second-order valence-electron chi connectivity index (χ2n) is 4.76. The summed E-state index contributed by atoms with van der Waals surface area (Å²) in [5.41, 5.74) is 0.176. The summed E-state index contributed by atoms with van der Waals surface area (Å²) in [5.74, 6) is -0.935. The Labute approximate surface area is 143 Å². The predicted octanol–water partition coefficient (Wildman–Crippen LogP) is 0.747. The van der Waals surface area contributed by atoms with Crippen LogP contribution in [0.4, 0.5) is 0 Å². The van der Waals surface area contributed by atoms with Gasteiger partial charge in [0.25, 0.3) is 0 Å². The molecule has 0 radical (unpaired) electrons. The lowest BCUT2D eigenvalue weighted by molar-refractivity contribution is -0.132. The molecule has 1 rings (SSSR count). The highest BCUT2D eigenvalue weighted by atomic mass is 16.6. The van der Waals surface area contributed by atoms with Crippen LogP contribution >= 0.6 is 0 Å². The number of aliphatic carboxylic acids is 1. The van der Waals surface area contributed by atoms with Crippen LogP contribution in [0.15, 0.2) is 12.2 Å². The Morgan fingerprint density at radius 1 is 0.625 bits per heavy atom. The Morgan fingerprint density at radius 2 is 0.750 bits per heavy atom. The molecule has 0 amide bonds. The molecule has 8 nitrogen and oxygen atoms in total. The first-order valence-corrected chi connectivity index (χ1v) is 8.00. The standard InChI is InChI=1S/C12H24O6.C4H6O2/c1-2-14-5-6-16-9-10-18-12-11-17-8-7-15-4-3-13-1;1-3(2)4(5)6/h1-12H2;1H2,2H3,(H,5,6). The second-order valence-corrected chi connectivity index (χ2v) is 4.76. The molecule has 1 N–H and O–H groups in total. The van der Waals surface area contributed by atoms with Crippen molar-refractivity contribution in [2.75, 3.05) is 79.3 Å². The molecule has 0 aliphatic carbocycles. The third kappa shape index (κ3) is 19.0. The summed E-state index contributed by atoms with van der Waals surface area (Å²) in [6.45, 7) is 11.6. The van der Waals surface area contributed by atoms with E-state index >= 15 is 0 Å². The smallest absolute Gasteiger partial charge is 0.330 e. The van der Waals surface area contributed by atoms with E-state index in [9.17, 15) is 4.79 Å². The van der Waals surface area contributed by atoms with Gasteiger partial charge in [0, 0.05) is 5.57 Å². The molecule has 142 valence electrons. The normalized spacial score (nSPS) is 19.9. The first-order chi connectivity index (χ1) is 11.6. The van der Waals surface area contributed by atoms with Crippen LogP contribution in [-0.2, 0) is 33.2 Å². The summed E-state index contributed by atoms with van der Waals surface area (Å²) >= 11 is 0. The molecule has 0 aromatic rings. The summed E-state index contributed by atoms with van der Waals surface area (Å²) in [6, 6.07) is 0. The van der Waals surface area contributed by atoms with E-state index in [1.165, 1.54) is 6.92 Å². The van der Waals surface area contributed by atoms with E-state index < -0.39 is 5.97 Å². The topological polar surface area (TPSA) is 92.7 Å². The molecule has 8 heteroatoms. The van der Waals surface area contributed by atoms with E-state index in [4.69, 9.17) is 33.5 Å². The highest BCUT2D eigenvalue weighted by Gasteiger charge is 1.95. The van der Waals surface area contributed by atoms with Crippen LogP contribution in [0.5, 0.6) is 0 Å². The molecule has 0 saturated carbocycles. The minimum atomic E-state index is -0.935. The summed E-state index contributed by atoms with van der Waals surface area (Å²) < 4.78 is 32.0. The monoisotopic (exact) mass is 350 g/mol. The van der Waals surface area contributed by atoms with Crippen molar-refractivity contribution >= 4 is 5.97 Å². The zero-order chi connectivity index (χ0) is 17.9. The Morgan fingerprint density at radius 3 is 0.833 bits per heavy atom. The van der Waals surface area contributed by atoms with Gasteiger partial charge < -0.3 is 33.5 Å². The van der Waals surface area contributed by atoms with E-state index in [1.807, 2.05) is 0 Å². The second kappa shape index (κ2) is 18.3. The summed E-state index contributed by atoms with van der Waals surface area (Å²) in [6.07, 6.45) is 0. The maximum absolute atomic E-state index is 9.60. The molecular formula is C16H30O8. The van der Waals surface area contributed by atoms with Crippen LogP contribution in [-0.4, -0.2) is 90.4 Å². The van der Waals surface area contributed by atoms with Gasteiger partial charge in [-0.3, -0.25) is 0 Å². The minimum absolute atomic E-state index is 0.176. The molecule has 1 fully saturated rings. The number of hydrogen-bond donors (Lipinski definition) is 1. The summed E-state index contributed by atoms with van der Waals surface area (Å²) in [7, 11) is 0. The van der Waals surface area contributed by atoms with Gasteiger partial charge in [0.15, 0.2) is 0 Å². The molecule has 1 heterocycles. The van der Waals surface area contributed by atoms with Crippen LogP contribution in [0.3, 0.4) is 0 Å². The zero-order valence-corrected chi connectivity index (χ0v) is 14.5. The van der Waals surface area contributed by atoms with Crippen molar-refractivity contribution in [1.29, 1.82) is 0 Å². The van der Waals surface area contributed by atoms with Gasteiger partial charge in [-0.15, -0.1) is 0 Å². The van der Waals surface area contributed by atoms with Gasteiger partial charge in [0.05, 0.1) is 79.3 Å². The minimum Gasteiger partial charge on any atom is -0.478 e. The number of carboxylic acid groups (broad SMARTS) is 1. The quantitative estimate of drug-likeness (QED) is 0.693. The molecule has 0 unspecified atom stereocenters. The lowest BCUT2D eigenvalue weighted by atomic mass is 10.4. The van der Waals surface area contributed by atoms with E-state index in [0.717, 1.165) is 0 Å². The fraction of sp³-hybridized carbons (Fsp3) is 0.812. The number of hydrogen-bond acceptors (Lipinski definition) is 7. The maximum Gasteiger partial charge on any atom is 0.330 e. The van der Waals surface area contributed by atoms with Gasteiger partial charge in [0.2, 0.25) is 0 Å². The Kier molecular flexibility index (Phi) is 17.5. The van der Waals surface area contributed by atoms with Crippen molar-refractivity contribution in [3.05, 3.63) is 12.2 Å². The Balaban J connectivity index is 0.000000754.